The summed E-state index contributed by atoms with van der Waals surface area (Å²) in [7, 11) is 2.64. The van der Waals surface area contributed by atoms with Gasteiger partial charge >= 0.3 is 6.61 Å². The number of carbonyl (C=O) groups excluding carboxylic acids is 1. The maximum atomic E-state index is 12.1. The van der Waals surface area contributed by atoms with E-state index < -0.39 is 18.4 Å². The van der Waals surface area contributed by atoms with E-state index in [1.807, 2.05) is 0 Å². The van der Waals surface area contributed by atoms with Crippen LogP contribution in [0.1, 0.15) is 15.9 Å². The quantitative estimate of drug-likeness (QED) is 0.757. The fraction of sp³-hybridized carbons (Fsp3) is 0.400. The summed E-state index contributed by atoms with van der Waals surface area (Å²) in [6.45, 7) is -1.35. The van der Waals surface area contributed by atoms with E-state index in [0.29, 0.717) is 5.56 Å². The average molecular weight is 246 g/mol. The lowest BCUT2D eigenvalue weighted by Gasteiger charge is -2.15. The summed E-state index contributed by atoms with van der Waals surface area (Å²) >= 11 is 0. The molecule has 0 N–H and O–H groups in total. The highest BCUT2D eigenvalue weighted by Gasteiger charge is 2.20. The molecule has 94 valence electrons. The van der Waals surface area contributed by atoms with Gasteiger partial charge < -0.3 is 4.74 Å². The third-order valence-electron chi connectivity index (χ3n) is 1.98. The average Bonchev–Trinajstić information content (AvgIpc) is 2.29. The van der Waals surface area contributed by atoms with Gasteiger partial charge in [0.25, 0.3) is 5.91 Å². The Bertz CT molecular complexity index is 413. The number of hydroxylamine groups is 2. The Morgan fingerprint density at radius 1 is 1.53 bits per heavy atom. The van der Waals surface area contributed by atoms with Crippen molar-refractivity contribution in [2.24, 2.45) is 0 Å². The molecule has 7 heteroatoms. The predicted octanol–water partition coefficient (Wildman–Crippen LogP) is 1.62. The summed E-state index contributed by atoms with van der Waals surface area (Å²) in [5.41, 5.74) is 0.578. The number of aryl methyl sites for hydroxylation is 1. The Kier molecular flexibility index (Phi) is 4.33. The van der Waals surface area contributed by atoms with Crippen molar-refractivity contribution in [1.82, 2.24) is 10.0 Å². The molecule has 1 heterocycles. The van der Waals surface area contributed by atoms with Crippen LogP contribution in [0.15, 0.2) is 12.3 Å². The molecule has 0 unspecified atom stereocenters. The Hall–Kier alpha value is -1.76. The first-order valence-corrected chi connectivity index (χ1v) is 4.69. The monoisotopic (exact) mass is 246 g/mol. The van der Waals surface area contributed by atoms with E-state index in [1.54, 1.807) is 6.92 Å². The first kappa shape index (κ1) is 13.3. The molecule has 0 spiro atoms. The second-order valence-corrected chi connectivity index (χ2v) is 3.23. The van der Waals surface area contributed by atoms with Crippen molar-refractivity contribution >= 4 is 5.91 Å². The van der Waals surface area contributed by atoms with Gasteiger partial charge in [0.05, 0.1) is 7.11 Å². The lowest BCUT2D eigenvalue weighted by molar-refractivity contribution is -0.0774. The van der Waals surface area contributed by atoms with E-state index in [-0.39, 0.29) is 5.56 Å². The third-order valence-corrected chi connectivity index (χ3v) is 1.98. The predicted molar refractivity (Wildman–Crippen MR) is 54.7 cm³/mol. The highest BCUT2D eigenvalue weighted by Crippen LogP contribution is 2.20. The number of carbonyl (C=O) groups is 1. The Labute approximate surface area is 96.9 Å². The molecule has 0 fully saturated rings. The number of amides is 1. The number of halogens is 2. The molecule has 0 bridgehead atoms. The van der Waals surface area contributed by atoms with Crippen LogP contribution in [0.5, 0.6) is 5.88 Å². The van der Waals surface area contributed by atoms with Crippen molar-refractivity contribution in [3.05, 3.63) is 23.4 Å². The van der Waals surface area contributed by atoms with Gasteiger partial charge in [0.2, 0.25) is 5.88 Å². The standard InChI is InChI=1S/C10H12F2N2O3/c1-6-4-7(9(15)14(2)16-3)8(13-5-6)17-10(11)12/h4-5,10H,1-3H3. The first-order valence-electron chi connectivity index (χ1n) is 4.69. The van der Waals surface area contributed by atoms with Crippen LogP contribution in [0.4, 0.5) is 8.78 Å². The first-order chi connectivity index (χ1) is 7.95. The van der Waals surface area contributed by atoms with Crippen LogP contribution in [0, 0.1) is 6.92 Å². The SMILES string of the molecule is CON(C)C(=O)c1cc(C)cnc1OC(F)F. The van der Waals surface area contributed by atoms with Crippen LogP contribution < -0.4 is 4.74 Å². The van der Waals surface area contributed by atoms with Crippen LogP contribution >= 0.6 is 0 Å². The molecule has 0 radical (unpaired) electrons. The van der Waals surface area contributed by atoms with Crippen molar-refractivity contribution in [2.75, 3.05) is 14.2 Å². The largest absolute Gasteiger partial charge is 0.416 e. The number of ether oxygens (including phenoxy) is 1. The minimum atomic E-state index is -3.04. The zero-order valence-electron chi connectivity index (χ0n) is 9.61. The molecular weight excluding hydrogens is 234 g/mol. The summed E-state index contributed by atoms with van der Waals surface area (Å²) in [5, 5.41) is 0.898. The smallest absolute Gasteiger partial charge is 0.388 e. The van der Waals surface area contributed by atoms with Crippen LogP contribution in [0.3, 0.4) is 0 Å². The second-order valence-electron chi connectivity index (χ2n) is 3.23. The summed E-state index contributed by atoms with van der Waals surface area (Å²) in [4.78, 5) is 20.1. The number of pyridine rings is 1. The molecule has 0 aliphatic rings. The van der Waals surface area contributed by atoms with Gasteiger partial charge in [0.15, 0.2) is 0 Å². The molecule has 0 saturated carbocycles. The van der Waals surface area contributed by atoms with Gasteiger partial charge in [-0.05, 0) is 18.6 Å². The van der Waals surface area contributed by atoms with Gasteiger partial charge in [0.1, 0.15) is 5.56 Å². The zero-order valence-corrected chi connectivity index (χ0v) is 9.61. The fourth-order valence-corrected chi connectivity index (χ4v) is 1.14. The summed E-state index contributed by atoms with van der Waals surface area (Å²) in [5.74, 6) is -1.03. The van der Waals surface area contributed by atoms with Gasteiger partial charge in [0, 0.05) is 13.2 Å². The minimum absolute atomic E-state index is 0.0744. The molecule has 1 aromatic rings. The summed E-state index contributed by atoms with van der Waals surface area (Å²) < 4.78 is 28.4. The van der Waals surface area contributed by atoms with E-state index >= 15 is 0 Å². The lowest BCUT2D eigenvalue weighted by atomic mass is 10.2. The second kappa shape index (κ2) is 5.53. The molecule has 0 saturated heterocycles. The van der Waals surface area contributed by atoms with E-state index in [1.165, 1.54) is 26.4 Å². The van der Waals surface area contributed by atoms with Crippen LogP contribution in [0.25, 0.3) is 0 Å². The van der Waals surface area contributed by atoms with Crippen molar-refractivity contribution in [3.63, 3.8) is 0 Å². The number of alkyl halides is 2. The molecule has 0 aromatic carbocycles. The maximum Gasteiger partial charge on any atom is 0.388 e. The van der Waals surface area contributed by atoms with Gasteiger partial charge in [-0.15, -0.1) is 0 Å². The van der Waals surface area contributed by atoms with Crippen molar-refractivity contribution in [1.29, 1.82) is 0 Å². The number of hydrogen-bond acceptors (Lipinski definition) is 4. The lowest BCUT2D eigenvalue weighted by Crippen LogP contribution is -2.26. The molecular formula is C10H12F2N2O3. The molecule has 1 amide bonds. The normalized spacial score (nSPS) is 10.5. The molecule has 5 nitrogen and oxygen atoms in total. The van der Waals surface area contributed by atoms with E-state index in [4.69, 9.17) is 0 Å². The van der Waals surface area contributed by atoms with E-state index in [9.17, 15) is 13.6 Å². The van der Waals surface area contributed by atoms with E-state index in [0.717, 1.165) is 5.06 Å². The van der Waals surface area contributed by atoms with Crippen LogP contribution in [-0.2, 0) is 4.84 Å². The van der Waals surface area contributed by atoms with E-state index in [2.05, 4.69) is 14.6 Å². The van der Waals surface area contributed by atoms with Gasteiger partial charge in [-0.25, -0.2) is 10.0 Å². The number of aromatic nitrogens is 1. The van der Waals surface area contributed by atoms with Crippen LogP contribution in [0.2, 0.25) is 0 Å². The van der Waals surface area contributed by atoms with Gasteiger partial charge in [-0.2, -0.15) is 8.78 Å². The van der Waals surface area contributed by atoms with Crippen molar-refractivity contribution < 1.29 is 23.1 Å². The van der Waals surface area contributed by atoms with Crippen LogP contribution in [-0.4, -0.2) is 36.7 Å². The highest BCUT2D eigenvalue weighted by molar-refractivity contribution is 5.95. The Morgan fingerprint density at radius 2 is 2.18 bits per heavy atom. The zero-order chi connectivity index (χ0) is 13.0. The molecule has 0 aliphatic heterocycles. The fourth-order valence-electron chi connectivity index (χ4n) is 1.14. The van der Waals surface area contributed by atoms with Crippen molar-refractivity contribution in [2.45, 2.75) is 13.5 Å². The number of hydrogen-bond donors (Lipinski definition) is 0. The molecule has 1 rings (SSSR count). The molecule has 0 aliphatic carbocycles. The van der Waals surface area contributed by atoms with Gasteiger partial charge in [-0.1, -0.05) is 0 Å². The Morgan fingerprint density at radius 3 is 2.71 bits per heavy atom. The number of nitrogens with zero attached hydrogens (tertiary/aromatic N) is 2. The topological polar surface area (TPSA) is 51.7 Å². The summed E-state index contributed by atoms with van der Waals surface area (Å²) in [6, 6.07) is 1.41. The maximum absolute atomic E-state index is 12.1. The minimum Gasteiger partial charge on any atom is -0.416 e. The van der Waals surface area contributed by atoms with Gasteiger partial charge in [-0.3, -0.25) is 9.63 Å². The number of rotatable bonds is 4. The summed E-state index contributed by atoms with van der Waals surface area (Å²) in [6.07, 6.45) is 1.33. The van der Waals surface area contributed by atoms with Crippen molar-refractivity contribution in [3.8, 4) is 5.88 Å². The molecule has 0 atom stereocenters. The third kappa shape index (κ3) is 3.35. The Balaban J connectivity index is 3.10. The molecule has 17 heavy (non-hydrogen) atoms. The highest BCUT2D eigenvalue weighted by atomic mass is 19.3. The molecule has 1 aromatic heterocycles.